The first-order chi connectivity index (χ1) is 11.3. The van der Waals surface area contributed by atoms with Gasteiger partial charge in [0.05, 0.1) is 6.61 Å². The van der Waals surface area contributed by atoms with Crippen molar-refractivity contribution in [1.82, 2.24) is 0 Å². The summed E-state index contributed by atoms with van der Waals surface area (Å²) in [6.07, 6.45) is 13.6. The number of rotatable bonds is 14. The summed E-state index contributed by atoms with van der Waals surface area (Å²) in [5.41, 5.74) is 2.56. The first-order valence-corrected chi connectivity index (χ1v) is 11.4. The molecule has 0 aliphatic carbocycles. The van der Waals surface area contributed by atoms with Gasteiger partial charge in [0.25, 0.3) is 0 Å². The number of unbranched alkanes of at least 4 members (excludes halogenated alkanes) is 9. The zero-order valence-corrected chi connectivity index (χ0v) is 17.8. The molecule has 0 unspecified atom stereocenters. The van der Waals surface area contributed by atoms with Crippen LogP contribution in [0.4, 0.5) is 0 Å². The minimum Gasteiger partial charge on any atom is -0.494 e. The van der Waals surface area contributed by atoms with Crippen LogP contribution < -0.4 is 4.74 Å². The third-order valence-corrected chi connectivity index (χ3v) is 5.40. The Morgan fingerprint density at radius 1 is 0.696 bits per heavy atom. The molecule has 3 heteroatoms. The molecule has 23 heavy (non-hydrogen) atoms. The largest absolute Gasteiger partial charge is 0.494 e. The Morgan fingerprint density at radius 2 is 1.17 bits per heavy atom. The van der Waals surface area contributed by atoms with E-state index in [0.29, 0.717) is 0 Å². The van der Waals surface area contributed by atoms with Gasteiger partial charge in [0.15, 0.2) is 0 Å². The molecule has 0 aliphatic rings. The number of ether oxygens (including phenoxy) is 1. The maximum Gasteiger partial charge on any atom is 0.119 e. The molecule has 0 radical (unpaired) electrons. The molecular formula is C20H32Br2O. The van der Waals surface area contributed by atoms with Gasteiger partial charge in [-0.15, -0.1) is 0 Å². The van der Waals surface area contributed by atoms with Crippen LogP contribution in [0.15, 0.2) is 18.2 Å². The van der Waals surface area contributed by atoms with Crippen LogP contribution in [0.1, 0.15) is 82.3 Å². The maximum atomic E-state index is 5.92. The molecule has 1 rings (SSSR count). The Labute approximate surface area is 159 Å². The average molecular weight is 448 g/mol. The van der Waals surface area contributed by atoms with Crippen LogP contribution in [0.3, 0.4) is 0 Å². The summed E-state index contributed by atoms with van der Waals surface area (Å²) in [6.45, 7) is 3.11. The topological polar surface area (TPSA) is 9.23 Å². The number of alkyl halides is 2. The van der Waals surface area contributed by atoms with E-state index >= 15 is 0 Å². The normalized spacial score (nSPS) is 10.9. The van der Waals surface area contributed by atoms with Gasteiger partial charge in [-0.05, 0) is 29.7 Å². The quantitative estimate of drug-likeness (QED) is 0.209. The fraction of sp³-hybridized carbons (Fsp3) is 0.700. The van der Waals surface area contributed by atoms with E-state index in [1.807, 2.05) is 0 Å². The summed E-state index contributed by atoms with van der Waals surface area (Å²) in [5, 5.41) is 1.75. The second kappa shape index (κ2) is 14.3. The summed E-state index contributed by atoms with van der Waals surface area (Å²) in [5.74, 6) is 1.01. The number of hydrogen-bond acceptors (Lipinski definition) is 1. The van der Waals surface area contributed by atoms with Gasteiger partial charge in [0.2, 0.25) is 0 Å². The van der Waals surface area contributed by atoms with E-state index in [4.69, 9.17) is 4.74 Å². The zero-order valence-electron chi connectivity index (χ0n) is 14.6. The van der Waals surface area contributed by atoms with E-state index in [9.17, 15) is 0 Å². The molecule has 1 aromatic rings. The summed E-state index contributed by atoms with van der Waals surface area (Å²) >= 11 is 7.04. The molecule has 1 nitrogen and oxygen atoms in total. The highest BCUT2D eigenvalue weighted by atomic mass is 79.9. The van der Waals surface area contributed by atoms with Crippen molar-refractivity contribution in [1.29, 1.82) is 0 Å². The molecule has 0 heterocycles. The fourth-order valence-electron chi connectivity index (χ4n) is 2.75. The Balaban J connectivity index is 2.04. The van der Waals surface area contributed by atoms with Gasteiger partial charge in [-0.1, -0.05) is 103 Å². The molecule has 0 aromatic heterocycles. The molecular weight excluding hydrogens is 416 g/mol. The molecule has 0 bridgehead atoms. The summed E-state index contributed by atoms with van der Waals surface area (Å²) < 4.78 is 5.92. The highest BCUT2D eigenvalue weighted by molar-refractivity contribution is 9.08. The molecule has 0 N–H and O–H groups in total. The van der Waals surface area contributed by atoms with Crippen molar-refractivity contribution in [3.05, 3.63) is 29.3 Å². The van der Waals surface area contributed by atoms with Gasteiger partial charge in [-0.2, -0.15) is 0 Å². The molecule has 0 aliphatic heterocycles. The van der Waals surface area contributed by atoms with E-state index in [2.05, 4.69) is 57.0 Å². The van der Waals surface area contributed by atoms with Gasteiger partial charge >= 0.3 is 0 Å². The first kappa shape index (κ1) is 21.0. The molecule has 0 spiro atoms. The number of hydrogen-bond donors (Lipinski definition) is 0. The van der Waals surface area contributed by atoms with Gasteiger partial charge in [0.1, 0.15) is 5.75 Å². The zero-order chi connectivity index (χ0) is 16.8. The number of halogens is 2. The standard InChI is InChI=1S/C20H32Br2O/c1-2-3-4-5-6-7-8-9-10-11-12-23-20-14-18(16-21)13-19(15-20)17-22/h13-15H,2-12,16-17H2,1H3. The van der Waals surface area contributed by atoms with Gasteiger partial charge in [0, 0.05) is 10.7 Å². The SMILES string of the molecule is CCCCCCCCCCCCOc1cc(CBr)cc(CBr)c1. The van der Waals surface area contributed by atoms with Crippen molar-refractivity contribution in [3.63, 3.8) is 0 Å². The van der Waals surface area contributed by atoms with Crippen LogP contribution in [0, 0.1) is 0 Å². The summed E-state index contributed by atoms with van der Waals surface area (Å²) in [7, 11) is 0. The molecule has 0 atom stereocenters. The molecule has 132 valence electrons. The van der Waals surface area contributed by atoms with Crippen molar-refractivity contribution < 1.29 is 4.74 Å². The molecule has 0 saturated carbocycles. The van der Waals surface area contributed by atoms with Gasteiger partial charge < -0.3 is 4.74 Å². The van der Waals surface area contributed by atoms with E-state index in [-0.39, 0.29) is 0 Å². The van der Waals surface area contributed by atoms with E-state index < -0.39 is 0 Å². The molecule has 1 aromatic carbocycles. The van der Waals surface area contributed by atoms with Crippen LogP contribution in [-0.4, -0.2) is 6.61 Å². The van der Waals surface area contributed by atoms with E-state index in [1.165, 1.54) is 68.9 Å². The Bertz CT molecular complexity index is 384. The van der Waals surface area contributed by atoms with Gasteiger partial charge in [-0.25, -0.2) is 0 Å². The summed E-state index contributed by atoms with van der Waals surface area (Å²) in [4.78, 5) is 0. The lowest BCUT2D eigenvalue weighted by atomic mass is 10.1. The second-order valence-corrected chi connectivity index (χ2v) is 7.40. The minimum absolute atomic E-state index is 0.837. The molecule has 0 amide bonds. The van der Waals surface area contributed by atoms with Crippen LogP contribution in [-0.2, 0) is 10.7 Å². The van der Waals surface area contributed by atoms with Crippen molar-refractivity contribution in [2.45, 2.75) is 81.8 Å². The monoisotopic (exact) mass is 446 g/mol. The smallest absolute Gasteiger partial charge is 0.119 e. The third kappa shape index (κ3) is 10.4. The highest BCUT2D eigenvalue weighted by Gasteiger charge is 2.01. The van der Waals surface area contributed by atoms with E-state index in [0.717, 1.165) is 29.4 Å². The van der Waals surface area contributed by atoms with Gasteiger partial charge in [-0.3, -0.25) is 0 Å². The predicted molar refractivity (Wildman–Crippen MR) is 109 cm³/mol. The lowest BCUT2D eigenvalue weighted by Crippen LogP contribution is -1.98. The Kier molecular flexibility index (Phi) is 13.1. The lowest BCUT2D eigenvalue weighted by Gasteiger charge is -2.09. The van der Waals surface area contributed by atoms with Crippen molar-refractivity contribution in [3.8, 4) is 5.75 Å². The average Bonchev–Trinajstić information content (AvgIpc) is 2.59. The minimum atomic E-state index is 0.837. The molecule has 0 saturated heterocycles. The van der Waals surface area contributed by atoms with Crippen molar-refractivity contribution in [2.75, 3.05) is 6.61 Å². The molecule has 0 fully saturated rings. The van der Waals surface area contributed by atoms with E-state index in [1.54, 1.807) is 0 Å². The van der Waals surface area contributed by atoms with Crippen molar-refractivity contribution in [2.24, 2.45) is 0 Å². The van der Waals surface area contributed by atoms with Crippen LogP contribution in [0.25, 0.3) is 0 Å². The third-order valence-electron chi connectivity index (χ3n) is 4.10. The first-order valence-electron chi connectivity index (χ1n) is 9.17. The number of benzene rings is 1. The van der Waals surface area contributed by atoms with Crippen LogP contribution >= 0.6 is 31.9 Å². The lowest BCUT2D eigenvalue weighted by molar-refractivity contribution is 0.304. The second-order valence-electron chi connectivity index (χ2n) is 6.28. The van der Waals surface area contributed by atoms with Crippen molar-refractivity contribution >= 4 is 31.9 Å². The summed E-state index contributed by atoms with van der Waals surface area (Å²) in [6, 6.07) is 6.48. The predicted octanol–water partition coefficient (Wildman–Crippen LogP) is 7.78. The fourth-order valence-corrected chi connectivity index (χ4v) is 3.39. The Morgan fingerprint density at radius 3 is 1.65 bits per heavy atom. The highest BCUT2D eigenvalue weighted by Crippen LogP contribution is 2.21. The Hall–Kier alpha value is -0.0200. The van der Waals surface area contributed by atoms with Crippen LogP contribution in [0.2, 0.25) is 0 Å². The maximum absolute atomic E-state index is 5.92. The van der Waals surface area contributed by atoms with Crippen LogP contribution in [0.5, 0.6) is 5.75 Å².